The summed E-state index contributed by atoms with van der Waals surface area (Å²) in [6, 6.07) is 7.44. The average Bonchev–Trinajstić information content (AvgIpc) is 3.22. The van der Waals surface area contributed by atoms with Crippen LogP contribution < -0.4 is 20.1 Å². The summed E-state index contributed by atoms with van der Waals surface area (Å²) in [6.45, 7) is 0.234. The van der Waals surface area contributed by atoms with Crippen molar-refractivity contribution in [1.82, 2.24) is 15.3 Å². The quantitative estimate of drug-likeness (QED) is 0.896. The van der Waals surface area contributed by atoms with Gasteiger partial charge in [0, 0.05) is 23.9 Å². The summed E-state index contributed by atoms with van der Waals surface area (Å²) in [6.07, 6.45) is 3.45. The number of hydrogen-bond donors (Lipinski definition) is 2. The number of carbonyl (C=O) groups is 1. The Hall–Kier alpha value is -2.83. The molecule has 1 aromatic carbocycles. The molecule has 2 heterocycles. The van der Waals surface area contributed by atoms with Crippen LogP contribution in [0.5, 0.6) is 11.5 Å². The standard InChI is InChI=1S/C15H14N4O3/c20-15(19-9-1-2-9)11-6-14(17-7-16-11)18-10-3-4-12-13(5-10)22-8-21-12/h3-7,9H,1-2,8H2,(H,19,20)(H,16,17,18). The molecule has 112 valence electrons. The molecular formula is C15H14N4O3. The van der Waals surface area contributed by atoms with E-state index in [9.17, 15) is 4.79 Å². The highest BCUT2D eigenvalue weighted by Gasteiger charge is 2.24. The first kappa shape index (κ1) is 12.9. The minimum atomic E-state index is -0.168. The number of rotatable bonds is 4. The number of amides is 1. The number of anilines is 2. The summed E-state index contributed by atoms with van der Waals surface area (Å²) in [5.41, 5.74) is 1.15. The summed E-state index contributed by atoms with van der Waals surface area (Å²) < 4.78 is 10.6. The molecule has 1 aromatic heterocycles. The van der Waals surface area contributed by atoms with E-state index in [1.165, 1.54) is 6.33 Å². The molecule has 7 nitrogen and oxygen atoms in total. The van der Waals surface area contributed by atoms with Crippen molar-refractivity contribution in [2.75, 3.05) is 12.1 Å². The number of fused-ring (bicyclic) bond motifs is 1. The first-order chi connectivity index (χ1) is 10.8. The summed E-state index contributed by atoms with van der Waals surface area (Å²) in [5.74, 6) is 1.79. The van der Waals surface area contributed by atoms with Crippen molar-refractivity contribution in [2.45, 2.75) is 18.9 Å². The fraction of sp³-hybridized carbons (Fsp3) is 0.267. The predicted octanol–water partition coefficient (Wildman–Crippen LogP) is 1.84. The topological polar surface area (TPSA) is 85.4 Å². The van der Waals surface area contributed by atoms with Crippen LogP contribution in [0.3, 0.4) is 0 Å². The van der Waals surface area contributed by atoms with E-state index in [0.29, 0.717) is 23.3 Å². The van der Waals surface area contributed by atoms with Crippen molar-refractivity contribution < 1.29 is 14.3 Å². The molecular weight excluding hydrogens is 284 g/mol. The highest BCUT2D eigenvalue weighted by Crippen LogP contribution is 2.34. The molecule has 2 aliphatic rings. The maximum atomic E-state index is 12.0. The van der Waals surface area contributed by atoms with Gasteiger partial charge in [-0.05, 0) is 25.0 Å². The third kappa shape index (κ3) is 2.65. The fourth-order valence-electron chi connectivity index (χ4n) is 2.16. The highest BCUT2D eigenvalue weighted by molar-refractivity contribution is 5.93. The molecule has 1 saturated carbocycles. The molecule has 22 heavy (non-hydrogen) atoms. The molecule has 0 saturated heterocycles. The number of ether oxygens (including phenoxy) is 2. The Morgan fingerprint density at radius 2 is 2.00 bits per heavy atom. The largest absolute Gasteiger partial charge is 0.454 e. The van der Waals surface area contributed by atoms with Gasteiger partial charge in [-0.25, -0.2) is 9.97 Å². The number of benzene rings is 1. The van der Waals surface area contributed by atoms with Gasteiger partial charge in [0.15, 0.2) is 11.5 Å². The highest BCUT2D eigenvalue weighted by atomic mass is 16.7. The van der Waals surface area contributed by atoms with Crippen LogP contribution in [-0.2, 0) is 0 Å². The Morgan fingerprint density at radius 3 is 2.86 bits per heavy atom. The lowest BCUT2D eigenvalue weighted by Crippen LogP contribution is -2.26. The third-order valence-corrected chi connectivity index (χ3v) is 3.46. The lowest BCUT2D eigenvalue weighted by Gasteiger charge is -2.08. The monoisotopic (exact) mass is 298 g/mol. The Kier molecular flexibility index (Phi) is 3.03. The van der Waals surface area contributed by atoms with Gasteiger partial charge in [0.2, 0.25) is 6.79 Å². The second-order valence-corrected chi connectivity index (χ2v) is 5.23. The normalized spacial score (nSPS) is 15.5. The Balaban J connectivity index is 1.51. The van der Waals surface area contributed by atoms with Gasteiger partial charge in [0.25, 0.3) is 5.91 Å². The van der Waals surface area contributed by atoms with Crippen LogP contribution in [0.1, 0.15) is 23.3 Å². The van der Waals surface area contributed by atoms with Crippen molar-refractivity contribution in [2.24, 2.45) is 0 Å². The zero-order valence-corrected chi connectivity index (χ0v) is 11.7. The smallest absolute Gasteiger partial charge is 0.270 e. The van der Waals surface area contributed by atoms with Crippen LogP contribution in [0.15, 0.2) is 30.6 Å². The van der Waals surface area contributed by atoms with Crippen molar-refractivity contribution in [3.63, 3.8) is 0 Å². The van der Waals surface area contributed by atoms with Crippen LogP contribution in [0, 0.1) is 0 Å². The molecule has 1 amide bonds. The Labute approximate surface area is 126 Å². The Morgan fingerprint density at radius 1 is 1.14 bits per heavy atom. The predicted molar refractivity (Wildman–Crippen MR) is 78.4 cm³/mol. The van der Waals surface area contributed by atoms with Gasteiger partial charge in [-0.1, -0.05) is 0 Å². The van der Waals surface area contributed by atoms with Gasteiger partial charge >= 0.3 is 0 Å². The first-order valence-electron chi connectivity index (χ1n) is 7.07. The van der Waals surface area contributed by atoms with E-state index in [-0.39, 0.29) is 12.7 Å². The van der Waals surface area contributed by atoms with Gasteiger partial charge in [0.05, 0.1) is 0 Å². The van der Waals surface area contributed by atoms with Crippen molar-refractivity contribution >= 4 is 17.4 Å². The van der Waals surface area contributed by atoms with Crippen LogP contribution in [-0.4, -0.2) is 28.7 Å². The molecule has 0 bridgehead atoms. The van der Waals surface area contributed by atoms with Gasteiger partial charge in [-0.2, -0.15) is 0 Å². The van der Waals surface area contributed by atoms with E-state index >= 15 is 0 Å². The molecule has 1 aliphatic carbocycles. The minimum Gasteiger partial charge on any atom is -0.454 e. The van der Waals surface area contributed by atoms with Crippen molar-refractivity contribution in [3.8, 4) is 11.5 Å². The van der Waals surface area contributed by atoms with Crippen LogP contribution in [0.25, 0.3) is 0 Å². The molecule has 0 unspecified atom stereocenters. The molecule has 0 spiro atoms. The first-order valence-corrected chi connectivity index (χ1v) is 7.07. The number of carbonyl (C=O) groups excluding carboxylic acids is 1. The van der Waals surface area contributed by atoms with Crippen molar-refractivity contribution in [1.29, 1.82) is 0 Å². The molecule has 2 N–H and O–H groups in total. The molecule has 1 aliphatic heterocycles. The summed E-state index contributed by atoms with van der Waals surface area (Å²) in [4.78, 5) is 20.1. The number of aromatic nitrogens is 2. The van der Waals surface area contributed by atoms with E-state index < -0.39 is 0 Å². The Bertz CT molecular complexity index is 730. The SMILES string of the molecule is O=C(NC1CC1)c1cc(Nc2ccc3c(c2)OCO3)ncn1. The van der Waals surface area contributed by atoms with Gasteiger partial charge < -0.3 is 20.1 Å². The van der Waals surface area contributed by atoms with Gasteiger partial charge in [-0.3, -0.25) is 4.79 Å². The van der Waals surface area contributed by atoms with E-state index in [4.69, 9.17) is 9.47 Å². The maximum absolute atomic E-state index is 12.0. The average molecular weight is 298 g/mol. The molecule has 4 rings (SSSR count). The lowest BCUT2D eigenvalue weighted by molar-refractivity contribution is 0.0946. The summed E-state index contributed by atoms with van der Waals surface area (Å²) in [5, 5.41) is 6.03. The number of nitrogens with one attached hydrogen (secondary N) is 2. The van der Waals surface area contributed by atoms with E-state index in [1.54, 1.807) is 6.07 Å². The van der Waals surface area contributed by atoms with Crippen LogP contribution in [0.4, 0.5) is 11.5 Å². The number of nitrogens with zero attached hydrogens (tertiary/aromatic N) is 2. The number of hydrogen-bond acceptors (Lipinski definition) is 6. The van der Waals surface area contributed by atoms with Crippen molar-refractivity contribution in [3.05, 3.63) is 36.3 Å². The molecule has 1 fully saturated rings. The summed E-state index contributed by atoms with van der Waals surface area (Å²) in [7, 11) is 0. The fourth-order valence-corrected chi connectivity index (χ4v) is 2.16. The molecule has 0 radical (unpaired) electrons. The maximum Gasteiger partial charge on any atom is 0.270 e. The van der Waals surface area contributed by atoms with E-state index in [1.807, 2.05) is 18.2 Å². The third-order valence-electron chi connectivity index (χ3n) is 3.46. The van der Waals surface area contributed by atoms with Gasteiger partial charge in [0.1, 0.15) is 17.8 Å². The minimum absolute atomic E-state index is 0.168. The van der Waals surface area contributed by atoms with Crippen LogP contribution in [0.2, 0.25) is 0 Å². The zero-order valence-electron chi connectivity index (χ0n) is 11.7. The second kappa shape index (κ2) is 5.18. The van der Waals surface area contributed by atoms with E-state index in [0.717, 1.165) is 24.3 Å². The second-order valence-electron chi connectivity index (χ2n) is 5.23. The lowest BCUT2D eigenvalue weighted by atomic mass is 10.2. The van der Waals surface area contributed by atoms with Gasteiger partial charge in [-0.15, -0.1) is 0 Å². The van der Waals surface area contributed by atoms with E-state index in [2.05, 4.69) is 20.6 Å². The van der Waals surface area contributed by atoms with Crippen LogP contribution >= 0.6 is 0 Å². The summed E-state index contributed by atoms with van der Waals surface area (Å²) >= 11 is 0. The molecule has 7 heteroatoms. The zero-order chi connectivity index (χ0) is 14.9. The molecule has 0 atom stereocenters. The molecule has 2 aromatic rings.